The molecule has 0 saturated carbocycles. The number of benzene rings is 1. The fourth-order valence-electron chi connectivity index (χ4n) is 3.81. The SMILES string of the molecule is CS(=O)(=O)N1C=C(c2ccc(C(F)(F)F)cc2)C/C2=C/CCCCCC[C@@H]21. The van der Waals surface area contributed by atoms with Crippen LogP contribution in [0.2, 0.25) is 0 Å². The summed E-state index contributed by atoms with van der Waals surface area (Å²) in [6.45, 7) is 0. The summed E-state index contributed by atoms with van der Waals surface area (Å²) in [6, 6.07) is 4.75. The van der Waals surface area contributed by atoms with E-state index in [4.69, 9.17) is 0 Å². The van der Waals surface area contributed by atoms with Crippen molar-refractivity contribution >= 4 is 15.6 Å². The zero-order valence-corrected chi connectivity index (χ0v) is 16.1. The average Bonchev–Trinajstić information content (AvgIpc) is 2.71. The minimum absolute atomic E-state index is 0.184. The van der Waals surface area contributed by atoms with E-state index in [-0.39, 0.29) is 6.04 Å². The van der Waals surface area contributed by atoms with Gasteiger partial charge in [0.1, 0.15) is 0 Å². The van der Waals surface area contributed by atoms with E-state index in [9.17, 15) is 21.6 Å². The highest BCUT2D eigenvalue weighted by Crippen LogP contribution is 2.38. The number of fused-ring (bicyclic) bond motifs is 1. The Kier molecular flexibility index (Phi) is 5.70. The summed E-state index contributed by atoms with van der Waals surface area (Å²) >= 11 is 0. The van der Waals surface area contributed by atoms with Gasteiger partial charge in [-0.25, -0.2) is 8.42 Å². The second kappa shape index (κ2) is 7.70. The smallest absolute Gasteiger partial charge is 0.270 e. The van der Waals surface area contributed by atoms with Crippen LogP contribution in [-0.4, -0.2) is 25.0 Å². The van der Waals surface area contributed by atoms with Gasteiger partial charge in [-0.15, -0.1) is 0 Å². The molecule has 7 heteroatoms. The van der Waals surface area contributed by atoms with E-state index in [1.54, 1.807) is 6.20 Å². The van der Waals surface area contributed by atoms with Gasteiger partial charge >= 0.3 is 6.18 Å². The molecule has 2 aliphatic rings. The Labute approximate surface area is 158 Å². The van der Waals surface area contributed by atoms with Crippen molar-refractivity contribution < 1.29 is 21.6 Å². The van der Waals surface area contributed by atoms with Crippen LogP contribution < -0.4 is 0 Å². The maximum Gasteiger partial charge on any atom is 0.416 e. The molecule has 1 aliphatic carbocycles. The highest BCUT2D eigenvalue weighted by molar-refractivity contribution is 7.88. The molecule has 1 atom stereocenters. The number of sulfonamides is 1. The summed E-state index contributed by atoms with van der Waals surface area (Å²) in [7, 11) is -3.47. The Bertz CT molecular complexity index is 839. The van der Waals surface area contributed by atoms with Gasteiger partial charge < -0.3 is 0 Å². The Morgan fingerprint density at radius 3 is 2.33 bits per heavy atom. The van der Waals surface area contributed by atoms with Crippen LogP contribution in [-0.2, 0) is 16.2 Å². The molecule has 0 fully saturated rings. The molecule has 0 N–H and O–H groups in total. The standard InChI is InChI=1S/C20H24F3NO2S/c1-27(25,26)24-14-17(15-9-11-18(12-10-15)20(21,22)23)13-16-7-5-3-2-4-6-8-19(16)24/h7,9-12,14,19H,2-6,8,13H2,1H3/b16-7-/t19-/m0/s1. The molecular formula is C20H24F3NO2S. The number of hydrogen-bond acceptors (Lipinski definition) is 2. The molecule has 1 aromatic carbocycles. The molecule has 0 unspecified atom stereocenters. The van der Waals surface area contributed by atoms with Crippen molar-refractivity contribution in [2.75, 3.05) is 6.26 Å². The van der Waals surface area contributed by atoms with E-state index < -0.39 is 21.8 Å². The third-order valence-electron chi connectivity index (χ3n) is 5.22. The van der Waals surface area contributed by atoms with Gasteiger partial charge in [0.25, 0.3) is 0 Å². The molecule has 1 heterocycles. The average molecular weight is 399 g/mol. The van der Waals surface area contributed by atoms with Gasteiger partial charge in [-0.3, -0.25) is 4.31 Å². The monoisotopic (exact) mass is 399 g/mol. The summed E-state index contributed by atoms with van der Waals surface area (Å²) in [6.07, 6.45) is 7.06. The fraction of sp³-hybridized carbons (Fsp3) is 0.500. The van der Waals surface area contributed by atoms with Crippen LogP contribution in [0.3, 0.4) is 0 Å². The molecule has 0 radical (unpaired) electrons. The molecular weight excluding hydrogens is 375 g/mol. The number of alkyl halides is 3. The number of allylic oxidation sites excluding steroid dienone is 2. The second-order valence-corrected chi connectivity index (χ2v) is 9.17. The molecule has 0 bridgehead atoms. The lowest BCUT2D eigenvalue weighted by Gasteiger charge is -2.36. The van der Waals surface area contributed by atoms with Crippen molar-refractivity contribution in [3.8, 4) is 0 Å². The topological polar surface area (TPSA) is 37.4 Å². The zero-order chi connectivity index (χ0) is 19.7. The van der Waals surface area contributed by atoms with Crippen molar-refractivity contribution in [3.05, 3.63) is 53.2 Å². The van der Waals surface area contributed by atoms with Gasteiger partial charge in [-0.1, -0.05) is 37.5 Å². The summed E-state index contributed by atoms with van der Waals surface area (Å²) in [5.41, 5.74) is 1.70. The van der Waals surface area contributed by atoms with Gasteiger partial charge in [0.05, 0.1) is 17.9 Å². The summed E-state index contributed by atoms with van der Waals surface area (Å²) in [5.74, 6) is 0. The highest BCUT2D eigenvalue weighted by Gasteiger charge is 2.33. The molecule has 0 amide bonds. The van der Waals surface area contributed by atoms with Crippen LogP contribution >= 0.6 is 0 Å². The van der Waals surface area contributed by atoms with Crippen LogP contribution in [0.4, 0.5) is 13.2 Å². The van der Waals surface area contributed by atoms with Crippen LogP contribution in [0.25, 0.3) is 5.57 Å². The third-order valence-corrected chi connectivity index (χ3v) is 6.34. The van der Waals surface area contributed by atoms with Gasteiger partial charge in [0.2, 0.25) is 10.0 Å². The minimum Gasteiger partial charge on any atom is -0.270 e. The van der Waals surface area contributed by atoms with E-state index in [2.05, 4.69) is 6.08 Å². The number of hydrogen-bond donors (Lipinski definition) is 0. The molecule has 1 aromatic rings. The van der Waals surface area contributed by atoms with Crippen molar-refractivity contribution in [2.24, 2.45) is 0 Å². The summed E-state index contributed by atoms with van der Waals surface area (Å²) in [5, 5.41) is 0. The first kappa shape index (κ1) is 20.0. The Balaban J connectivity index is 2.00. The first-order valence-corrected chi connectivity index (χ1v) is 11.1. The maximum atomic E-state index is 12.8. The lowest BCUT2D eigenvalue weighted by molar-refractivity contribution is -0.137. The van der Waals surface area contributed by atoms with E-state index in [1.165, 1.54) is 22.7 Å². The largest absolute Gasteiger partial charge is 0.416 e. The van der Waals surface area contributed by atoms with Crippen molar-refractivity contribution in [2.45, 2.75) is 57.2 Å². The molecule has 1 aliphatic heterocycles. The molecule has 148 valence electrons. The molecule has 27 heavy (non-hydrogen) atoms. The fourth-order valence-corrected chi connectivity index (χ4v) is 4.83. The lowest BCUT2D eigenvalue weighted by Crippen LogP contribution is -2.39. The zero-order valence-electron chi connectivity index (χ0n) is 15.3. The molecule has 3 nitrogen and oxygen atoms in total. The van der Waals surface area contributed by atoms with Gasteiger partial charge in [-0.05, 0) is 54.5 Å². The first-order valence-electron chi connectivity index (χ1n) is 9.22. The van der Waals surface area contributed by atoms with Crippen molar-refractivity contribution in [1.82, 2.24) is 4.31 Å². The Morgan fingerprint density at radius 1 is 1.04 bits per heavy atom. The normalized spacial score (nSPS) is 24.0. The number of halogens is 3. The van der Waals surface area contributed by atoms with E-state index in [0.29, 0.717) is 12.0 Å². The molecule has 0 aromatic heterocycles. The second-order valence-electron chi connectivity index (χ2n) is 7.29. The van der Waals surface area contributed by atoms with Crippen LogP contribution in [0.5, 0.6) is 0 Å². The maximum absolute atomic E-state index is 12.8. The predicted octanol–water partition coefficient (Wildman–Crippen LogP) is 5.36. The van der Waals surface area contributed by atoms with Crippen molar-refractivity contribution in [3.63, 3.8) is 0 Å². The van der Waals surface area contributed by atoms with Crippen LogP contribution in [0, 0.1) is 0 Å². The highest BCUT2D eigenvalue weighted by atomic mass is 32.2. The minimum atomic E-state index is -4.39. The van der Waals surface area contributed by atoms with Gasteiger partial charge in [0, 0.05) is 6.20 Å². The number of rotatable bonds is 2. The van der Waals surface area contributed by atoms with E-state index >= 15 is 0 Å². The predicted molar refractivity (Wildman–Crippen MR) is 100 cm³/mol. The quantitative estimate of drug-likeness (QED) is 0.628. The summed E-state index contributed by atoms with van der Waals surface area (Å²) < 4.78 is 64.6. The van der Waals surface area contributed by atoms with Gasteiger partial charge in [-0.2, -0.15) is 13.2 Å². The Hall–Kier alpha value is -1.76. The molecule has 0 saturated heterocycles. The molecule has 0 spiro atoms. The van der Waals surface area contributed by atoms with Crippen LogP contribution in [0.1, 0.15) is 56.1 Å². The number of nitrogens with zero attached hydrogens (tertiary/aromatic N) is 1. The van der Waals surface area contributed by atoms with Crippen molar-refractivity contribution in [1.29, 1.82) is 0 Å². The first-order chi connectivity index (χ1) is 12.7. The lowest BCUT2D eigenvalue weighted by atomic mass is 9.89. The summed E-state index contributed by atoms with van der Waals surface area (Å²) in [4.78, 5) is 0. The van der Waals surface area contributed by atoms with Crippen LogP contribution in [0.15, 0.2) is 42.1 Å². The molecule has 3 rings (SSSR count). The Morgan fingerprint density at radius 2 is 1.70 bits per heavy atom. The van der Waals surface area contributed by atoms with Gasteiger partial charge in [0.15, 0.2) is 0 Å². The third kappa shape index (κ3) is 4.75. The van der Waals surface area contributed by atoms with E-state index in [0.717, 1.165) is 61.8 Å². The van der Waals surface area contributed by atoms with E-state index in [1.807, 2.05) is 0 Å².